The van der Waals surface area contributed by atoms with Crippen LogP contribution in [0.25, 0.3) is 0 Å². The van der Waals surface area contributed by atoms with E-state index in [1.165, 1.54) is 6.20 Å². The molecule has 1 aliphatic rings. The molecule has 0 aromatic carbocycles. The highest BCUT2D eigenvalue weighted by Crippen LogP contribution is 2.33. The molecule has 1 aromatic rings. The molecule has 21 heavy (non-hydrogen) atoms. The molecule has 2 heterocycles. The molecule has 2 rings (SSSR count). The van der Waals surface area contributed by atoms with E-state index in [9.17, 15) is 13.5 Å². The summed E-state index contributed by atoms with van der Waals surface area (Å²) in [5.74, 6) is 0.137. The smallest absolute Gasteiger partial charge is 0.156 e. The van der Waals surface area contributed by atoms with Crippen LogP contribution in [0.15, 0.2) is 6.20 Å². The van der Waals surface area contributed by atoms with Crippen LogP contribution in [0.1, 0.15) is 31.1 Å². The Kier molecular flexibility index (Phi) is 5.29. The van der Waals surface area contributed by atoms with Crippen molar-refractivity contribution in [3.63, 3.8) is 0 Å². The first-order chi connectivity index (χ1) is 9.83. The molecule has 6 nitrogen and oxygen atoms in total. The van der Waals surface area contributed by atoms with E-state index in [2.05, 4.69) is 5.10 Å². The Bertz CT molecular complexity index is 585. The van der Waals surface area contributed by atoms with Gasteiger partial charge in [0.05, 0.1) is 34.5 Å². The van der Waals surface area contributed by atoms with Crippen molar-refractivity contribution in [2.75, 3.05) is 26.4 Å². The topological polar surface area (TPSA) is 75.4 Å². The molecule has 1 fully saturated rings. The van der Waals surface area contributed by atoms with Gasteiger partial charge in [-0.2, -0.15) is 5.10 Å². The lowest BCUT2D eigenvalue weighted by atomic mass is 10.1. The third-order valence-electron chi connectivity index (χ3n) is 3.85. The second kappa shape index (κ2) is 6.64. The quantitative estimate of drug-likeness (QED) is 0.872. The minimum Gasteiger partial charge on any atom is -0.385 e. The number of rotatable bonds is 5. The fourth-order valence-corrected chi connectivity index (χ4v) is 4.86. The van der Waals surface area contributed by atoms with Crippen LogP contribution in [0.3, 0.4) is 0 Å². The summed E-state index contributed by atoms with van der Waals surface area (Å²) >= 11 is 6.12. The highest BCUT2D eigenvalue weighted by molar-refractivity contribution is 7.92. The highest BCUT2D eigenvalue weighted by atomic mass is 35.5. The summed E-state index contributed by atoms with van der Waals surface area (Å²) in [6, 6.07) is 0. The standard InChI is InChI=1S/C13H22ClN3O3S/c1-16(2)6-7-17-12(10(14)9-15-17)13(18)11-5-3-4-8-21(11,19)20/h9,11,13,18H,3-8H2,1-2H3. The first-order valence-electron chi connectivity index (χ1n) is 7.08. The van der Waals surface area contributed by atoms with E-state index in [-0.39, 0.29) is 5.75 Å². The van der Waals surface area contributed by atoms with Gasteiger partial charge in [-0.25, -0.2) is 8.42 Å². The van der Waals surface area contributed by atoms with E-state index in [0.29, 0.717) is 30.1 Å². The van der Waals surface area contributed by atoms with Crippen LogP contribution >= 0.6 is 11.6 Å². The van der Waals surface area contributed by atoms with Gasteiger partial charge in [0.15, 0.2) is 9.84 Å². The van der Waals surface area contributed by atoms with Crippen LogP contribution in [0.2, 0.25) is 5.02 Å². The van der Waals surface area contributed by atoms with E-state index in [1.54, 1.807) is 4.68 Å². The minimum absolute atomic E-state index is 0.137. The van der Waals surface area contributed by atoms with Crippen LogP contribution in [-0.2, 0) is 16.4 Å². The number of aromatic nitrogens is 2. The largest absolute Gasteiger partial charge is 0.385 e. The normalized spacial score (nSPS) is 23.4. The number of aliphatic hydroxyl groups is 1. The third-order valence-corrected chi connectivity index (χ3v) is 6.42. The summed E-state index contributed by atoms with van der Waals surface area (Å²) in [6.45, 7) is 1.29. The number of hydrogen-bond acceptors (Lipinski definition) is 5. The molecule has 2 atom stereocenters. The Balaban J connectivity index is 2.26. The summed E-state index contributed by atoms with van der Waals surface area (Å²) < 4.78 is 25.9. The Morgan fingerprint density at radius 2 is 2.24 bits per heavy atom. The molecule has 8 heteroatoms. The Morgan fingerprint density at radius 1 is 1.52 bits per heavy atom. The van der Waals surface area contributed by atoms with Gasteiger partial charge in [-0.1, -0.05) is 18.0 Å². The number of nitrogens with zero attached hydrogens (tertiary/aromatic N) is 3. The molecular formula is C13H22ClN3O3S. The number of halogens is 1. The van der Waals surface area contributed by atoms with Crippen molar-refractivity contribution < 1.29 is 13.5 Å². The summed E-state index contributed by atoms with van der Waals surface area (Å²) in [6.07, 6.45) is 2.29. The van der Waals surface area contributed by atoms with E-state index in [1.807, 2.05) is 19.0 Å². The van der Waals surface area contributed by atoms with Crippen molar-refractivity contribution in [2.45, 2.75) is 37.2 Å². The Labute approximate surface area is 130 Å². The average molecular weight is 336 g/mol. The molecule has 0 amide bonds. The maximum absolute atomic E-state index is 12.2. The maximum atomic E-state index is 12.2. The minimum atomic E-state index is -3.27. The van der Waals surface area contributed by atoms with Crippen LogP contribution in [0.4, 0.5) is 0 Å². The molecule has 1 aromatic heterocycles. The van der Waals surface area contributed by atoms with Crippen molar-refractivity contribution in [3.8, 4) is 0 Å². The maximum Gasteiger partial charge on any atom is 0.156 e. The lowest BCUT2D eigenvalue weighted by Gasteiger charge is -2.27. The van der Waals surface area contributed by atoms with Gasteiger partial charge in [0, 0.05) is 6.54 Å². The van der Waals surface area contributed by atoms with Crippen LogP contribution in [0.5, 0.6) is 0 Å². The molecule has 120 valence electrons. The molecule has 0 spiro atoms. The van der Waals surface area contributed by atoms with Gasteiger partial charge >= 0.3 is 0 Å². The van der Waals surface area contributed by atoms with Crippen molar-refractivity contribution >= 4 is 21.4 Å². The Morgan fingerprint density at radius 3 is 2.86 bits per heavy atom. The number of likely N-dealkylation sites (N-methyl/N-ethyl adjacent to an activating group) is 1. The molecule has 0 bridgehead atoms. The van der Waals surface area contributed by atoms with Gasteiger partial charge in [0.25, 0.3) is 0 Å². The molecule has 0 aliphatic carbocycles. The van der Waals surface area contributed by atoms with E-state index in [0.717, 1.165) is 13.0 Å². The van der Waals surface area contributed by atoms with E-state index >= 15 is 0 Å². The molecule has 1 saturated heterocycles. The molecule has 1 aliphatic heterocycles. The second-order valence-corrected chi connectivity index (χ2v) is 8.50. The van der Waals surface area contributed by atoms with Crippen molar-refractivity contribution in [2.24, 2.45) is 0 Å². The number of sulfone groups is 1. The predicted molar refractivity (Wildman–Crippen MR) is 82.2 cm³/mol. The summed E-state index contributed by atoms with van der Waals surface area (Å²) in [7, 11) is 0.601. The monoisotopic (exact) mass is 335 g/mol. The van der Waals surface area contributed by atoms with E-state index in [4.69, 9.17) is 11.6 Å². The van der Waals surface area contributed by atoms with Gasteiger partial charge in [0.2, 0.25) is 0 Å². The number of aliphatic hydroxyl groups excluding tert-OH is 1. The molecule has 0 radical (unpaired) electrons. The molecule has 0 saturated carbocycles. The summed E-state index contributed by atoms with van der Waals surface area (Å²) in [5.41, 5.74) is 0.411. The van der Waals surface area contributed by atoms with Crippen LogP contribution in [0, 0.1) is 0 Å². The summed E-state index contributed by atoms with van der Waals surface area (Å²) in [4.78, 5) is 1.99. The van der Waals surface area contributed by atoms with Crippen molar-refractivity contribution in [3.05, 3.63) is 16.9 Å². The average Bonchev–Trinajstić information content (AvgIpc) is 2.76. The first kappa shape index (κ1) is 16.7. The molecule has 1 N–H and O–H groups in total. The van der Waals surface area contributed by atoms with Crippen molar-refractivity contribution in [1.82, 2.24) is 14.7 Å². The molecule has 2 unspecified atom stereocenters. The first-order valence-corrected chi connectivity index (χ1v) is 9.18. The fraction of sp³-hybridized carbons (Fsp3) is 0.769. The van der Waals surface area contributed by atoms with E-state index < -0.39 is 21.2 Å². The molecular weight excluding hydrogens is 314 g/mol. The lowest BCUT2D eigenvalue weighted by molar-refractivity contribution is 0.152. The number of hydrogen-bond donors (Lipinski definition) is 1. The zero-order valence-electron chi connectivity index (χ0n) is 12.4. The van der Waals surface area contributed by atoms with Crippen molar-refractivity contribution in [1.29, 1.82) is 0 Å². The van der Waals surface area contributed by atoms with Crippen LogP contribution < -0.4 is 0 Å². The van der Waals surface area contributed by atoms with Gasteiger partial charge in [0.1, 0.15) is 6.10 Å². The van der Waals surface area contributed by atoms with Gasteiger partial charge < -0.3 is 10.0 Å². The SMILES string of the molecule is CN(C)CCn1ncc(Cl)c1C(O)C1CCCCS1(=O)=O. The van der Waals surface area contributed by atoms with Gasteiger partial charge in [-0.3, -0.25) is 4.68 Å². The lowest BCUT2D eigenvalue weighted by Crippen LogP contribution is -2.35. The Hall–Kier alpha value is -0.630. The zero-order chi connectivity index (χ0) is 15.6. The summed E-state index contributed by atoms with van der Waals surface area (Å²) in [5, 5.41) is 14.3. The fourth-order valence-electron chi connectivity index (χ4n) is 2.65. The predicted octanol–water partition coefficient (Wildman–Crippen LogP) is 1.10. The highest BCUT2D eigenvalue weighted by Gasteiger charge is 2.37. The van der Waals surface area contributed by atoms with Crippen LogP contribution in [-0.4, -0.2) is 59.8 Å². The zero-order valence-corrected chi connectivity index (χ0v) is 13.9. The van der Waals surface area contributed by atoms with Gasteiger partial charge in [-0.15, -0.1) is 0 Å². The van der Waals surface area contributed by atoms with Gasteiger partial charge in [-0.05, 0) is 26.9 Å². The third kappa shape index (κ3) is 3.77. The second-order valence-electron chi connectivity index (χ2n) is 5.75.